The van der Waals surface area contributed by atoms with Crippen LogP contribution >= 0.6 is 0 Å². The van der Waals surface area contributed by atoms with Gasteiger partial charge in [0, 0.05) is 12.1 Å². The number of allylic oxidation sites excluding steroid dienone is 3. The van der Waals surface area contributed by atoms with E-state index in [1.54, 1.807) is 0 Å². The van der Waals surface area contributed by atoms with Crippen LogP contribution in [-0.4, -0.2) is 47.7 Å². The minimum Gasteiger partial charge on any atom is -0.475 e. The molecular formula is C29H42N4O4. The highest BCUT2D eigenvalue weighted by Gasteiger charge is 2.30. The predicted molar refractivity (Wildman–Crippen MR) is 145 cm³/mol. The van der Waals surface area contributed by atoms with Gasteiger partial charge in [-0.2, -0.15) is 9.97 Å². The molecule has 2 aliphatic carbocycles. The first kappa shape index (κ1) is 27.0. The van der Waals surface area contributed by atoms with E-state index in [2.05, 4.69) is 53.5 Å². The van der Waals surface area contributed by atoms with E-state index in [1.165, 1.54) is 7.11 Å². The van der Waals surface area contributed by atoms with Crippen molar-refractivity contribution in [3.05, 3.63) is 36.1 Å². The maximum atomic E-state index is 11.6. The second-order valence-electron chi connectivity index (χ2n) is 10.6. The molecule has 0 radical (unpaired) electrons. The van der Waals surface area contributed by atoms with Gasteiger partial charge in [-0.3, -0.25) is 4.79 Å². The van der Waals surface area contributed by atoms with Gasteiger partial charge in [0.05, 0.1) is 26.0 Å². The van der Waals surface area contributed by atoms with Crippen LogP contribution in [0.25, 0.3) is 5.70 Å². The van der Waals surface area contributed by atoms with Gasteiger partial charge in [0.2, 0.25) is 5.88 Å². The second kappa shape index (κ2) is 12.5. The summed E-state index contributed by atoms with van der Waals surface area (Å²) in [5.74, 6) is 2.88. The molecule has 1 fully saturated rings. The molecule has 0 bridgehead atoms. The topological polar surface area (TPSA) is 99.8 Å². The van der Waals surface area contributed by atoms with E-state index < -0.39 is 0 Å². The van der Waals surface area contributed by atoms with E-state index in [1.807, 2.05) is 0 Å². The number of ether oxygens (including phenoxy) is 3. The van der Waals surface area contributed by atoms with Gasteiger partial charge in [0.25, 0.3) is 0 Å². The van der Waals surface area contributed by atoms with Gasteiger partial charge < -0.3 is 24.8 Å². The summed E-state index contributed by atoms with van der Waals surface area (Å²) in [6.07, 6.45) is 14.9. The van der Waals surface area contributed by atoms with Crippen LogP contribution in [0.5, 0.6) is 11.9 Å². The van der Waals surface area contributed by atoms with E-state index in [0.717, 1.165) is 56.3 Å². The van der Waals surface area contributed by atoms with E-state index in [9.17, 15) is 4.79 Å². The van der Waals surface area contributed by atoms with Gasteiger partial charge in [-0.05, 0) is 68.3 Å². The van der Waals surface area contributed by atoms with Crippen LogP contribution in [0.15, 0.2) is 30.5 Å². The smallest absolute Gasteiger partial charge is 0.321 e. The fourth-order valence-electron chi connectivity index (χ4n) is 5.54. The molecule has 2 unspecified atom stereocenters. The first-order valence-corrected chi connectivity index (χ1v) is 13.7. The molecule has 1 aliphatic heterocycles. The lowest BCUT2D eigenvalue weighted by Crippen LogP contribution is -2.26. The van der Waals surface area contributed by atoms with E-state index in [-0.39, 0.29) is 12.0 Å². The lowest BCUT2D eigenvalue weighted by Gasteiger charge is -2.34. The van der Waals surface area contributed by atoms with Crippen molar-refractivity contribution in [1.29, 1.82) is 0 Å². The third-order valence-electron chi connectivity index (χ3n) is 8.20. The monoisotopic (exact) mass is 510 g/mol. The zero-order valence-corrected chi connectivity index (χ0v) is 22.6. The van der Waals surface area contributed by atoms with Gasteiger partial charge in [-0.15, -0.1) is 0 Å². The molecule has 1 aromatic heterocycles. The molecule has 3 aliphatic rings. The summed E-state index contributed by atoms with van der Waals surface area (Å²) < 4.78 is 16.6. The molecule has 1 saturated carbocycles. The number of hydrogen-bond donors (Lipinski definition) is 1. The van der Waals surface area contributed by atoms with Crippen molar-refractivity contribution >= 4 is 17.5 Å². The lowest BCUT2D eigenvalue weighted by molar-refractivity contribution is -0.142. The highest BCUT2D eigenvalue weighted by molar-refractivity contribution is 5.76. The maximum Gasteiger partial charge on any atom is 0.321 e. The number of nitrogens with zero attached hydrogens (tertiary/aromatic N) is 3. The molecule has 2 atom stereocenters. The van der Waals surface area contributed by atoms with Gasteiger partial charge >= 0.3 is 12.0 Å². The molecule has 0 saturated heterocycles. The highest BCUT2D eigenvalue weighted by atomic mass is 16.5. The molecule has 0 aromatic carbocycles. The molecule has 2 N–H and O–H groups in total. The van der Waals surface area contributed by atoms with Crippen LogP contribution in [0.4, 0.5) is 5.82 Å². The van der Waals surface area contributed by atoms with Gasteiger partial charge in [-0.25, -0.2) is 0 Å². The van der Waals surface area contributed by atoms with Crippen LogP contribution in [0.1, 0.15) is 70.8 Å². The van der Waals surface area contributed by atoms with Crippen LogP contribution in [0, 0.1) is 23.7 Å². The van der Waals surface area contributed by atoms with E-state index >= 15 is 0 Å². The number of carbonyl (C=O) groups is 1. The molecule has 1 aromatic rings. The number of fused-ring (bicyclic) bond motifs is 1. The van der Waals surface area contributed by atoms with Crippen molar-refractivity contribution in [2.24, 2.45) is 23.7 Å². The summed E-state index contributed by atoms with van der Waals surface area (Å²) in [6, 6.07) is 0.252. The summed E-state index contributed by atoms with van der Waals surface area (Å²) in [7, 11) is 1.47. The summed E-state index contributed by atoms with van der Waals surface area (Å²) in [5, 5.41) is 0. The van der Waals surface area contributed by atoms with Crippen molar-refractivity contribution in [3.63, 3.8) is 0 Å². The van der Waals surface area contributed by atoms with Crippen molar-refractivity contribution in [2.75, 3.05) is 32.6 Å². The first-order valence-electron chi connectivity index (χ1n) is 13.7. The molecular weight excluding hydrogens is 468 g/mol. The lowest BCUT2D eigenvalue weighted by atomic mass is 9.73. The zero-order chi connectivity index (χ0) is 26.4. The average molecular weight is 511 g/mol. The summed E-state index contributed by atoms with van der Waals surface area (Å²) in [5.41, 5.74) is 8.83. The zero-order valence-electron chi connectivity index (χ0n) is 22.6. The number of esters is 1. The Morgan fingerprint density at radius 3 is 2.76 bits per heavy atom. The Kier molecular flexibility index (Phi) is 9.11. The molecule has 8 nitrogen and oxygen atoms in total. The first-order chi connectivity index (χ1) is 17.9. The van der Waals surface area contributed by atoms with Crippen LogP contribution < -0.4 is 15.2 Å². The third-order valence-corrected chi connectivity index (χ3v) is 8.20. The number of nitrogens with two attached hydrogens (primary N) is 1. The van der Waals surface area contributed by atoms with Crippen molar-refractivity contribution in [2.45, 2.75) is 65.2 Å². The molecule has 8 heteroatoms. The molecule has 2 heterocycles. The van der Waals surface area contributed by atoms with E-state index in [4.69, 9.17) is 19.9 Å². The Morgan fingerprint density at radius 2 is 2.08 bits per heavy atom. The Morgan fingerprint density at radius 1 is 1.30 bits per heavy atom. The number of hydrogen-bond acceptors (Lipinski definition) is 8. The molecule has 37 heavy (non-hydrogen) atoms. The maximum absolute atomic E-state index is 11.6. The van der Waals surface area contributed by atoms with Crippen molar-refractivity contribution < 1.29 is 19.0 Å². The Bertz CT molecular complexity index is 1030. The molecule has 202 valence electrons. The van der Waals surface area contributed by atoms with Gasteiger partial charge in [0.1, 0.15) is 18.0 Å². The predicted octanol–water partition coefficient (Wildman–Crippen LogP) is 5.37. The van der Waals surface area contributed by atoms with E-state index in [0.29, 0.717) is 67.1 Å². The average Bonchev–Trinajstić information content (AvgIpc) is 3.07. The number of carbonyl (C=O) groups excluding carboxylic acids is 1. The van der Waals surface area contributed by atoms with Gasteiger partial charge in [-0.1, -0.05) is 39.0 Å². The molecule has 0 spiro atoms. The fourth-order valence-corrected chi connectivity index (χ4v) is 5.54. The van der Waals surface area contributed by atoms with Crippen molar-refractivity contribution in [1.82, 2.24) is 14.9 Å². The SMILES string of the molecule is C=C1c2c(N)nc(OCCC(C)CC)nc2OCCN1C1=CCC(C2CCC(CC(=O)OC)CC2)C=C1. The number of anilines is 1. The summed E-state index contributed by atoms with van der Waals surface area (Å²) >= 11 is 0. The van der Waals surface area contributed by atoms with Crippen LogP contribution in [0.3, 0.4) is 0 Å². The highest BCUT2D eigenvalue weighted by Crippen LogP contribution is 2.40. The normalized spacial score (nSPS) is 24.4. The quantitative estimate of drug-likeness (QED) is 0.443. The third kappa shape index (κ3) is 6.65. The largest absolute Gasteiger partial charge is 0.475 e. The van der Waals surface area contributed by atoms with Crippen LogP contribution in [0.2, 0.25) is 0 Å². The Hall–Kier alpha value is -3.03. The van der Waals surface area contributed by atoms with Crippen molar-refractivity contribution in [3.8, 4) is 11.9 Å². The Labute approximate surface area is 221 Å². The minimum atomic E-state index is -0.0896. The number of methoxy groups -OCH3 is 1. The number of nitrogen functional groups attached to an aromatic ring is 1. The standard InChI is InChI=1S/C29H42N4O4/c1-5-19(2)14-16-37-29-31-27(30)26-20(3)33(15-17-36-28(26)32-29)24-12-10-23(11-13-24)22-8-6-21(7-9-22)18-25(34)35-4/h10,12-13,19,21-23H,3,5-9,11,14-18H2,1-2,4H3,(H2,30,31,32). The fraction of sp³-hybridized carbons (Fsp3) is 0.621. The summed E-state index contributed by atoms with van der Waals surface area (Å²) in [6.45, 7) is 10.4. The van der Waals surface area contributed by atoms with Crippen LogP contribution in [-0.2, 0) is 9.53 Å². The molecule has 0 amide bonds. The number of aromatic nitrogens is 2. The molecule has 4 rings (SSSR count). The second-order valence-corrected chi connectivity index (χ2v) is 10.6. The number of rotatable bonds is 9. The minimum absolute atomic E-state index is 0.0896. The summed E-state index contributed by atoms with van der Waals surface area (Å²) in [4.78, 5) is 22.6. The Balaban J connectivity index is 1.36. The van der Waals surface area contributed by atoms with Gasteiger partial charge in [0.15, 0.2) is 0 Å².